The van der Waals surface area contributed by atoms with Gasteiger partial charge in [0.05, 0.1) is 12.7 Å². The van der Waals surface area contributed by atoms with E-state index >= 15 is 0 Å². The van der Waals surface area contributed by atoms with Crippen LogP contribution in [0.4, 0.5) is 5.69 Å². The molecule has 2 rings (SSSR count). The summed E-state index contributed by atoms with van der Waals surface area (Å²) >= 11 is 5.25. The lowest BCUT2D eigenvalue weighted by Crippen LogP contribution is -2.34. The molecule has 2 aromatic carbocycles. The van der Waals surface area contributed by atoms with E-state index in [-0.39, 0.29) is 17.1 Å². The second-order valence-corrected chi connectivity index (χ2v) is 6.56. The van der Waals surface area contributed by atoms with Crippen molar-refractivity contribution in [3.63, 3.8) is 0 Å². The first-order valence-corrected chi connectivity index (χ1v) is 9.54. The van der Waals surface area contributed by atoms with E-state index in [1.165, 1.54) is 0 Å². The third kappa shape index (κ3) is 6.90. The summed E-state index contributed by atoms with van der Waals surface area (Å²) in [7, 11) is 0. The van der Waals surface area contributed by atoms with Crippen molar-refractivity contribution in [3.05, 3.63) is 54.1 Å². The summed E-state index contributed by atoms with van der Waals surface area (Å²) < 4.78 is 11.4. The number of rotatable bonds is 8. The molecule has 27 heavy (non-hydrogen) atoms. The number of nitrogens with one attached hydrogen (secondary N) is 2. The molecule has 0 heterocycles. The first-order valence-electron chi connectivity index (χ1n) is 9.13. The molecule has 0 aromatic heterocycles. The number of hydrogen-bond donors (Lipinski definition) is 2. The van der Waals surface area contributed by atoms with Gasteiger partial charge >= 0.3 is 0 Å². The molecule has 0 aliphatic heterocycles. The molecule has 6 heteroatoms. The molecule has 1 atom stereocenters. The summed E-state index contributed by atoms with van der Waals surface area (Å²) in [5.41, 5.74) is 1.24. The molecule has 0 saturated heterocycles. The molecule has 2 N–H and O–H groups in total. The first kappa shape index (κ1) is 20.7. The highest BCUT2D eigenvalue weighted by Gasteiger charge is 2.10. The summed E-state index contributed by atoms with van der Waals surface area (Å²) in [6, 6.07) is 14.5. The minimum absolute atomic E-state index is 0.133. The average Bonchev–Trinajstić information content (AvgIpc) is 2.66. The van der Waals surface area contributed by atoms with Gasteiger partial charge in [-0.2, -0.15) is 0 Å². The van der Waals surface area contributed by atoms with E-state index < -0.39 is 0 Å². The van der Waals surface area contributed by atoms with E-state index in [2.05, 4.69) is 17.6 Å². The summed E-state index contributed by atoms with van der Waals surface area (Å²) in [5, 5.41) is 5.92. The Bertz CT molecular complexity index is 780. The lowest BCUT2D eigenvalue weighted by atomic mass is 10.2. The normalized spacial score (nSPS) is 11.4. The Morgan fingerprint density at radius 2 is 1.85 bits per heavy atom. The number of amides is 1. The predicted molar refractivity (Wildman–Crippen MR) is 113 cm³/mol. The van der Waals surface area contributed by atoms with Crippen molar-refractivity contribution < 1.29 is 14.3 Å². The van der Waals surface area contributed by atoms with Gasteiger partial charge in [0.25, 0.3) is 5.91 Å². The van der Waals surface area contributed by atoms with Gasteiger partial charge in [-0.25, -0.2) is 0 Å². The number of ether oxygens (including phenoxy) is 2. The number of benzene rings is 2. The summed E-state index contributed by atoms with van der Waals surface area (Å²) in [5.74, 6) is 1.13. The maximum Gasteiger partial charge on any atom is 0.257 e. The largest absolute Gasteiger partial charge is 0.494 e. The average molecular weight is 387 g/mol. The van der Waals surface area contributed by atoms with Gasteiger partial charge in [-0.3, -0.25) is 10.1 Å². The maximum absolute atomic E-state index is 12.4. The number of hydrogen-bond acceptors (Lipinski definition) is 4. The third-order valence-corrected chi connectivity index (χ3v) is 4.00. The minimum Gasteiger partial charge on any atom is -0.494 e. The van der Waals surface area contributed by atoms with Crippen LogP contribution in [-0.4, -0.2) is 23.7 Å². The van der Waals surface area contributed by atoms with Gasteiger partial charge in [0.1, 0.15) is 11.5 Å². The summed E-state index contributed by atoms with van der Waals surface area (Å²) in [6.45, 7) is 6.73. The minimum atomic E-state index is -0.290. The van der Waals surface area contributed by atoms with Crippen LogP contribution in [0.5, 0.6) is 11.5 Å². The van der Waals surface area contributed by atoms with Crippen LogP contribution < -0.4 is 20.1 Å². The van der Waals surface area contributed by atoms with Gasteiger partial charge in [0, 0.05) is 17.3 Å². The van der Waals surface area contributed by atoms with Crippen molar-refractivity contribution >= 4 is 28.9 Å². The third-order valence-electron chi connectivity index (χ3n) is 3.80. The lowest BCUT2D eigenvalue weighted by Gasteiger charge is -2.14. The van der Waals surface area contributed by atoms with E-state index in [0.717, 1.165) is 24.3 Å². The molecule has 1 unspecified atom stereocenters. The Kier molecular flexibility index (Phi) is 8.07. The van der Waals surface area contributed by atoms with E-state index in [9.17, 15) is 4.79 Å². The summed E-state index contributed by atoms with van der Waals surface area (Å²) in [4.78, 5) is 12.4. The highest BCUT2D eigenvalue weighted by molar-refractivity contribution is 7.80. The molecule has 1 amide bonds. The van der Waals surface area contributed by atoms with Gasteiger partial charge < -0.3 is 14.8 Å². The number of anilines is 1. The number of carbonyl (C=O) groups is 1. The fourth-order valence-corrected chi connectivity index (χ4v) is 2.46. The topological polar surface area (TPSA) is 59.6 Å². The maximum atomic E-state index is 12.4. The second-order valence-electron chi connectivity index (χ2n) is 6.15. The molecule has 0 saturated carbocycles. The highest BCUT2D eigenvalue weighted by Crippen LogP contribution is 2.19. The molecular formula is C21H26N2O3S. The monoisotopic (exact) mass is 386 g/mol. The zero-order valence-corrected chi connectivity index (χ0v) is 16.8. The van der Waals surface area contributed by atoms with Crippen molar-refractivity contribution in [1.82, 2.24) is 5.32 Å². The molecule has 0 aliphatic carbocycles. The molecule has 0 fully saturated rings. The van der Waals surface area contributed by atoms with Gasteiger partial charge in [-0.1, -0.05) is 26.0 Å². The van der Waals surface area contributed by atoms with Crippen molar-refractivity contribution in [3.8, 4) is 11.5 Å². The molecule has 0 radical (unpaired) electrons. The van der Waals surface area contributed by atoms with Crippen molar-refractivity contribution in [2.45, 2.75) is 39.7 Å². The Morgan fingerprint density at radius 1 is 1.11 bits per heavy atom. The fourth-order valence-electron chi connectivity index (χ4n) is 2.25. The number of thiocarbonyl (C=S) groups is 1. The van der Waals surface area contributed by atoms with Gasteiger partial charge in [0.15, 0.2) is 5.11 Å². The first-order chi connectivity index (χ1) is 13.0. The van der Waals surface area contributed by atoms with Crippen LogP contribution >= 0.6 is 12.2 Å². The molecule has 144 valence electrons. The molecule has 0 spiro atoms. The smallest absolute Gasteiger partial charge is 0.257 e. The molecular weight excluding hydrogens is 360 g/mol. The highest BCUT2D eigenvalue weighted by atomic mass is 32.1. The predicted octanol–water partition coefficient (Wildman–Crippen LogP) is 4.78. The SMILES string of the molecule is CCCOc1cccc(C(=O)NC(=S)Nc2cccc(OC(C)CC)c2)c1. The Morgan fingerprint density at radius 3 is 2.59 bits per heavy atom. The van der Waals surface area contributed by atoms with Crippen molar-refractivity contribution in [2.75, 3.05) is 11.9 Å². The van der Waals surface area contributed by atoms with Gasteiger partial charge in [-0.15, -0.1) is 0 Å². The van der Waals surface area contributed by atoms with Crippen molar-refractivity contribution in [2.24, 2.45) is 0 Å². The van der Waals surface area contributed by atoms with Crippen LogP contribution in [0.3, 0.4) is 0 Å². The van der Waals surface area contributed by atoms with Crippen LogP contribution in [0.1, 0.15) is 44.0 Å². The van der Waals surface area contributed by atoms with E-state index in [1.807, 2.05) is 44.2 Å². The van der Waals surface area contributed by atoms with Crippen molar-refractivity contribution in [1.29, 1.82) is 0 Å². The zero-order chi connectivity index (χ0) is 19.6. The van der Waals surface area contributed by atoms with Crippen LogP contribution in [0.2, 0.25) is 0 Å². The lowest BCUT2D eigenvalue weighted by molar-refractivity contribution is 0.0977. The van der Waals surface area contributed by atoms with Gasteiger partial charge in [-0.05, 0) is 62.3 Å². The van der Waals surface area contributed by atoms with Crippen LogP contribution in [0, 0.1) is 0 Å². The van der Waals surface area contributed by atoms with Crippen LogP contribution in [0.25, 0.3) is 0 Å². The number of carbonyl (C=O) groups excluding carboxylic acids is 1. The zero-order valence-electron chi connectivity index (χ0n) is 16.0. The van der Waals surface area contributed by atoms with E-state index in [0.29, 0.717) is 17.9 Å². The fraction of sp³-hybridized carbons (Fsp3) is 0.333. The Labute approximate surface area is 166 Å². The molecule has 5 nitrogen and oxygen atoms in total. The van der Waals surface area contributed by atoms with Crippen LogP contribution in [0.15, 0.2) is 48.5 Å². The van der Waals surface area contributed by atoms with E-state index in [1.54, 1.807) is 18.2 Å². The molecule has 0 bridgehead atoms. The second kappa shape index (κ2) is 10.5. The standard InChI is InChI=1S/C21H26N2O3S/c1-4-12-25-18-10-6-8-16(13-18)20(24)23-21(27)22-17-9-7-11-19(14-17)26-15(3)5-2/h6-11,13-15H,4-5,12H2,1-3H3,(H2,22,23,24,27). The quantitative estimate of drug-likeness (QED) is 0.640. The molecule has 2 aromatic rings. The summed E-state index contributed by atoms with van der Waals surface area (Å²) in [6.07, 6.45) is 1.96. The van der Waals surface area contributed by atoms with E-state index in [4.69, 9.17) is 21.7 Å². The van der Waals surface area contributed by atoms with Crippen LogP contribution in [-0.2, 0) is 0 Å². The molecule has 0 aliphatic rings. The Balaban J connectivity index is 1.95. The Hall–Kier alpha value is -2.60. The van der Waals surface area contributed by atoms with Gasteiger partial charge in [0.2, 0.25) is 0 Å².